The van der Waals surface area contributed by atoms with Crippen molar-refractivity contribution in [3.05, 3.63) is 53.6 Å². The number of hydrogen-bond acceptors (Lipinski definition) is 4. The lowest BCUT2D eigenvalue weighted by Crippen LogP contribution is -2.27. The zero-order chi connectivity index (χ0) is 20.7. The summed E-state index contributed by atoms with van der Waals surface area (Å²) in [4.78, 5) is 24.9. The third kappa shape index (κ3) is 5.49. The number of anilines is 1. The topological polar surface area (TPSA) is 76.7 Å². The molecule has 0 saturated heterocycles. The molecule has 0 aliphatic carbocycles. The van der Waals surface area contributed by atoms with Crippen molar-refractivity contribution in [2.75, 3.05) is 19.0 Å². The number of nitrogens with one attached hydrogen (secondary N) is 2. The van der Waals surface area contributed by atoms with Gasteiger partial charge in [0.05, 0.1) is 25.3 Å². The Kier molecular flexibility index (Phi) is 7.44. The van der Waals surface area contributed by atoms with Crippen molar-refractivity contribution in [3.63, 3.8) is 0 Å². The van der Waals surface area contributed by atoms with E-state index in [0.29, 0.717) is 23.6 Å². The molecule has 0 aliphatic heterocycles. The number of amides is 2. The number of ether oxygens (including phenoxy) is 2. The van der Waals surface area contributed by atoms with E-state index in [-0.39, 0.29) is 23.8 Å². The van der Waals surface area contributed by atoms with Gasteiger partial charge in [0.1, 0.15) is 11.5 Å². The Morgan fingerprint density at radius 2 is 1.82 bits per heavy atom. The molecule has 0 bridgehead atoms. The summed E-state index contributed by atoms with van der Waals surface area (Å²) < 4.78 is 10.8. The van der Waals surface area contributed by atoms with Crippen LogP contribution in [0.25, 0.3) is 0 Å². The maximum atomic E-state index is 12.9. The Balaban J connectivity index is 2.24. The summed E-state index contributed by atoms with van der Waals surface area (Å²) in [7, 11) is 1.60. The van der Waals surface area contributed by atoms with Gasteiger partial charge in [-0.2, -0.15) is 0 Å². The molecule has 0 radical (unpaired) electrons. The number of carbonyl (C=O) groups excluding carboxylic acids is 2. The Morgan fingerprint density at radius 1 is 1.07 bits per heavy atom. The predicted octanol–water partition coefficient (Wildman–Crippen LogP) is 4.18. The summed E-state index contributed by atoms with van der Waals surface area (Å²) >= 11 is 0. The largest absolute Gasteiger partial charge is 0.497 e. The van der Waals surface area contributed by atoms with E-state index in [1.165, 1.54) is 0 Å². The zero-order valence-electron chi connectivity index (χ0n) is 17.0. The predicted molar refractivity (Wildman–Crippen MR) is 110 cm³/mol. The van der Waals surface area contributed by atoms with Crippen molar-refractivity contribution in [1.82, 2.24) is 5.32 Å². The van der Waals surface area contributed by atoms with Crippen molar-refractivity contribution in [2.45, 2.75) is 33.7 Å². The quantitative estimate of drug-likeness (QED) is 0.716. The molecule has 0 heterocycles. The normalized spacial score (nSPS) is 11.6. The summed E-state index contributed by atoms with van der Waals surface area (Å²) in [5.74, 6) is 0.656. The van der Waals surface area contributed by atoms with Gasteiger partial charge in [0, 0.05) is 11.6 Å². The van der Waals surface area contributed by atoms with E-state index >= 15 is 0 Å². The summed E-state index contributed by atoms with van der Waals surface area (Å²) in [5.41, 5.74) is 1.86. The summed E-state index contributed by atoms with van der Waals surface area (Å²) in [6.45, 7) is 7.82. The Hall–Kier alpha value is -3.02. The second-order valence-corrected chi connectivity index (χ2v) is 6.76. The third-order valence-corrected chi connectivity index (χ3v) is 4.26. The fourth-order valence-corrected chi connectivity index (χ4v) is 2.62. The summed E-state index contributed by atoms with van der Waals surface area (Å²) in [6, 6.07) is 12.4. The minimum atomic E-state index is -0.278. The van der Waals surface area contributed by atoms with Crippen LogP contribution in [0.3, 0.4) is 0 Å². The van der Waals surface area contributed by atoms with Crippen molar-refractivity contribution >= 4 is 17.5 Å². The van der Waals surface area contributed by atoms with E-state index in [4.69, 9.17) is 9.47 Å². The zero-order valence-corrected chi connectivity index (χ0v) is 17.0. The first-order valence-corrected chi connectivity index (χ1v) is 9.38. The molecule has 2 rings (SSSR count). The summed E-state index contributed by atoms with van der Waals surface area (Å²) in [5, 5.41) is 5.79. The van der Waals surface area contributed by atoms with Gasteiger partial charge in [0.15, 0.2) is 0 Å². The second kappa shape index (κ2) is 9.78. The molecule has 0 fully saturated rings. The Morgan fingerprint density at radius 3 is 2.46 bits per heavy atom. The first-order chi connectivity index (χ1) is 13.3. The van der Waals surface area contributed by atoms with Crippen LogP contribution in [0.2, 0.25) is 0 Å². The maximum Gasteiger partial charge on any atom is 0.255 e. The molecule has 1 atom stereocenters. The fraction of sp³-hybridized carbons (Fsp3) is 0.364. The molecule has 2 aromatic rings. The van der Waals surface area contributed by atoms with Gasteiger partial charge in [-0.15, -0.1) is 0 Å². The number of rotatable bonds is 8. The number of benzene rings is 2. The van der Waals surface area contributed by atoms with Gasteiger partial charge in [-0.25, -0.2) is 0 Å². The van der Waals surface area contributed by atoms with E-state index in [9.17, 15) is 9.59 Å². The van der Waals surface area contributed by atoms with Gasteiger partial charge >= 0.3 is 0 Å². The molecule has 6 nitrogen and oxygen atoms in total. The molecule has 2 N–H and O–H groups in total. The van der Waals surface area contributed by atoms with Gasteiger partial charge in [0.2, 0.25) is 5.91 Å². The van der Waals surface area contributed by atoms with E-state index in [1.807, 2.05) is 52.0 Å². The molecule has 2 aromatic carbocycles. The maximum absolute atomic E-state index is 12.9. The minimum absolute atomic E-state index is 0.111. The van der Waals surface area contributed by atoms with Crippen molar-refractivity contribution in [1.29, 1.82) is 0 Å². The molecular formula is C22H28N2O4. The second-order valence-electron chi connectivity index (χ2n) is 6.76. The highest BCUT2D eigenvalue weighted by molar-refractivity contribution is 6.00. The fourth-order valence-electron chi connectivity index (χ4n) is 2.62. The lowest BCUT2D eigenvalue weighted by Gasteiger charge is -2.18. The van der Waals surface area contributed by atoms with Crippen LogP contribution in [0, 0.1) is 5.92 Å². The molecule has 1 unspecified atom stereocenters. The van der Waals surface area contributed by atoms with Crippen LogP contribution in [0.4, 0.5) is 5.69 Å². The highest BCUT2D eigenvalue weighted by Gasteiger charge is 2.18. The van der Waals surface area contributed by atoms with Gasteiger partial charge in [-0.1, -0.05) is 26.0 Å². The van der Waals surface area contributed by atoms with Crippen LogP contribution in [0.5, 0.6) is 11.5 Å². The van der Waals surface area contributed by atoms with Crippen molar-refractivity contribution < 1.29 is 19.1 Å². The average Bonchev–Trinajstić information content (AvgIpc) is 2.69. The minimum Gasteiger partial charge on any atom is -0.497 e. The van der Waals surface area contributed by atoms with E-state index in [2.05, 4.69) is 10.6 Å². The van der Waals surface area contributed by atoms with Gasteiger partial charge in [0.25, 0.3) is 5.91 Å². The van der Waals surface area contributed by atoms with Crippen LogP contribution < -0.4 is 20.1 Å². The number of carbonyl (C=O) groups is 2. The van der Waals surface area contributed by atoms with E-state index < -0.39 is 0 Å². The lowest BCUT2D eigenvalue weighted by molar-refractivity contribution is -0.118. The first kappa shape index (κ1) is 21.3. The van der Waals surface area contributed by atoms with Gasteiger partial charge in [-0.3, -0.25) is 9.59 Å². The molecule has 28 heavy (non-hydrogen) atoms. The smallest absolute Gasteiger partial charge is 0.255 e. The van der Waals surface area contributed by atoms with Gasteiger partial charge in [-0.05, 0) is 49.7 Å². The first-order valence-electron chi connectivity index (χ1n) is 9.38. The van der Waals surface area contributed by atoms with Crippen LogP contribution in [0.15, 0.2) is 42.5 Å². The highest BCUT2D eigenvalue weighted by Crippen LogP contribution is 2.25. The third-order valence-electron chi connectivity index (χ3n) is 4.26. The molecule has 0 saturated carbocycles. The molecular weight excluding hydrogens is 356 g/mol. The lowest BCUT2D eigenvalue weighted by atomic mass is 10.1. The van der Waals surface area contributed by atoms with Crippen LogP contribution >= 0.6 is 0 Å². The molecule has 0 aromatic heterocycles. The highest BCUT2D eigenvalue weighted by atomic mass is 16.5. The standard InChI is InChI=1S/C22H28N2O4/c1-6-28-20-11-10-17(24-21(25)14(2)3)13-19(20)22(26)23-15(4)16-8-7-9-18(12-16)27-5/h7-15H,6H2,1-5H3,(H,23,26)(H,24,25). The molecule has 6 heteroatoms. The average molecular weight is 384 g/mol. The van der Waals surface area contributed by atoms with Crippen molar-refractivity contribution in [3.8, 4) is 11.5 Å². The van der Waals surface area contributed by atoms with Crippen molar-refractivity contribution in [2.24, 2.45) is 5.92 Å². The molecule has 2 amide bonds. The molecule has 0 aliphatic rings. The molecule has 0 spiro atoms. The monoisotopic (exact) mass is 384 g/mol. The number of methoxy groups -OCH3 is 1. The van der Waals surface area contributed by atoms with Crippen LogP contribution in [-0.2, 0) is 4.79 Å². The SMILES string of the molecule is CCOc1ccc(NC(=O)C(C)C)cc1C(=O)NC(C)c1cccc(OC)c1. The van der Waals surface area contributed by atoms with E-state index in [0.717, 1.165) is 11.3 Å². The number of hydrogen-bond donors (Lipinski definition) is 2. The summed E-state index contributed by atoms with van der Waals surface area (Å²) in [6.07, 6.45) is 0. The van der Waals surface area contributed by atoms with E-state index in [1.54, 1.807) is 25.3 Å². The molecule has 150 valence electrons. The van der Waals surface area contributed by atoms with Crippen LogP contribution in [-0.4, -0.2) is 25.5 Å². The van der Waals surface area contributed by atoms with Gasteiger partial charge < -0.3 is 20.1 Å². The van der Waals surface area contributed by atoms with Crippen LogP contribution in [0.1, 0.15) is 49.7 Å². The Bertz CT molecular complexity index is 833. The Labute approximate surface area is 166 Å².